The Morgan fingerprint density at radius 1 is 1.52 bits per heavy atom. The van der Waals surface area contributed by atoms with Crippen LogP contribution in [-0.2, 0) is 0 Å². The fraction of sp³-hybridized carbons (Fsp3) is 0.562. The van der Waals surface area contributed by atoms with Crippen molar-refractivity contribution in [2.75, 3.05) is 26.7 Å². The lowest BCUT2D eigenvalue weighted by Gasteiger charge is -2.23. The predicted octanol–water partition coefficient (Wildman–Crippen LogP) is 1.66. The lowest BCUT2D eigenvalue weighted by Crippen LogP contribution is -2.37. The van der Waals surface area contributed by atoms with Crippen LogP contribution in [0.5, 0.6) is 0 Å². The molecule has 1 fully saturated rings. The van der Waals surface area contributed by atoms with Gasteiger partial charge in [0.25, 0.3) is 5.91 Å². The van der Waals surface area contributed by atoms with E-state index in [0.29, 0.717) is 24.7 Å². The van der Waals surface area contributed by atoms with Gasteiger partial charge in [0.15, 0.2) is 0 Å². The summed E-state index contributed by atoms with van der Waals surface area (Å²) in [7, 11) is 2.15. The molecule has 114 valence electrons. The predicted molar refractivity (Wildman–Crippen MR) is 87.5 cm³/mol. The molecular weight excluding hydrogens is 282 g/mol. The van der Waals surface area contributed by atoms with Gasteiger partial charge >= 0.3 is 0 Å². The molecule has 2 rings (SSSR count). The van der Waals surface area contributed by atoms with E-state index in [0.717, 1.165) is 11.4 Å². The molecule has 0 atom stereocenters. The van der Waals surface area contributed by atoms with Crippen molar-refractivity contribution >= 4 is 17.2 Å². The van der Waals surface area contributed by atoms with Crippen molar-refractivity contribution in [3.8, 4) is 11.8 Å². The summed E-state index contributed by atoms with van der Waals surface area (Å²) in [5.74, 6) is 5.72. The Kier molecular flexibility index (Phi) is 6.24. The smallest absolute Gasteiger partial charge is 0.252 e. The van der Waals surface area contributed by atoms with Crippen molar-refractivity contribution in [1.29, 1.82) is 0 Å². The van der Waals surface area contributed by atoms with E-state index in [1.165, 1.54) is 37.0 Å². The molecule has 0 unspecified atom stereocenters. The van der Waals surface area contributed by atoms with E-state index < -0.39 is 0 Å². The van der Waals surface area contributed by atoms with E-state index in [-0.39, 0.29) is 5.91 Å². The number of amides is 1. The molecule has 0 aromatic carbocycles. The summed E-state index contributed by atoms with van der Waals surface area (Å²) in [6.45, 7) is 1.93. The number of carbonyl (C=O) groups excluding carboxylic acids is 1. The van der Waals surface area contributed by atoms with Crippen molar-refractivity contribution < 1.29 is 4.79 Å². The first-order valence-electron chi connectivity index (χ1n) is 7.46. The van der Waals surface area contributed by atoms with Crippen LogP contribution in [0.3, 0.4) is 0 Å². The zero-order valence-corrected chi connectivity index (χ0v) is 13.3. The largest absolute Gasteiger partial charge is 0.351 e. The maximum absolute atomic E-state index is 12.0. The Bertz CT molecular complexity index is 523. The van der Waals surface area contributed by atoms with Crippen LogP contribution in [0.25, 0.3) is 0 Å². The molecule has 1 saturated carbocycles. The van der Waals surface area contributed by atoms with E-state index in [9.17, 15) is 4.79 Å². The topological polar surface area (TPSA) is 58.4 Å². The third-order valence-electron chi connectivity index (χ3n) is 3.87. The molecule has 4 nitrogen and oxygen atoms in total. The third kappa shape index (κ3) is 4.85. The van der Waals surface area contributed by atoms with Gasteiger partial charge in [-0.3, -0.25) is 4.79 Å². The molecule has 1 aromatic heterocycles. The van der Waals surface area contributed by atoms with Gasteiger partial charge in [0.1, 0.15) is 0 Å². The van der Waals surface area contributed by atoms with Crippen LogP contribution in [0.4, 0.5) is 0 Å². The van der Waals surface area contributed by atoms with E-state index in [2.05, 4.69) is 29.1 Å². The van der Waals surface area contributed by atoms with Gasteiger partial charge in [-0.15, -0.1) is 11.3 Å². The number of hydrogen-bond acceptors (Lipinski definition) is 4. The van der Waals surface area contributed by atoms with Crippen molar-refractivity contribution in [3.05, 3.63) is 21.9 Å². The molecule has 0 spiro atoms. The molecule has 1 aliphatic rings. The highest BCUT2D eigenvalue weighted by molar-refractivity contribution is 7.10. The molecule has 1 amide bonds. The van der Waals surface area contributed by atoms with Gasteiger partial charge < -0.3 is 16.0 Å². The fourth-order valence-electron chi connectivity index (χ4n) is 2.63. The highest BCUT2D eigenvalue weighted by atomic mass is 32.1. The van der Waals surface area contributed by atoms with Crippen LogP contribution in [-0.4, -0.2) is 43.5 Å². The van der Waals surface area contributed by atoms with E-state index >= 15 is 0 Å². The van der Waals surface area contributed by atoms with Crippen molar-refractivity contribution in [2.24, 2.45) is 5.73 Å². The molecule has 1 aromatic rings. The minimum Gasteiger partial charge on any atom is -0.351 e. The lowest BCUT2D eigenvalue weighted by atomic mass is 10.2. The second-order valence-electron chi connectivity index (χ2n) is 5.38. The summed E-state index contributed by atoms with van der Waals surface area (Å²) in [6.07, 6.45) is 5.25. The SMILES string of the molecule is CN(CCNC(=O)c1csc(C#CCN)c1)C1CCCC1. The summed E-state index contributed by atoms with van der Waals surface area (Å²) in [5.41, 5.74) is 6.02. The number of rotatable bonds is 5. The molecule has 3 N–H and O–H groups in total. The highest BCUT2D eigenvalue weighted by Gasteiger charge is 2.19. The Hall–Kier alpha value is -1.35. The molecule has 5 heteroatoms. The first kappa shape index (κ1) is 16.0. The Balaban J connectivity index is 1.75. The quantitative estimate of drug-likeness (QED) is 0.814. The van der Waals surface area contributed by atoms with Crippen molar-refractivity contribution in [2.45, 2.75) is 31.7 Å². The summed E-state index contributed by atoms with van der Waals surface area (Å²) in [6, 6.07) is 2.52. The Morgan fingerprint density at radius 3 is 3.00 bits per heavy atom. The molecule has 0 bridgehead atoms. The van der Waals surface area contributed by atoms with Crippen LogP contribution < -0.4 is 11.1 Å². The first-order chi connectivity index (χ1) is 10.2. The number of thiophene rings is 1. The van der Waals surface area contributed by atoms with Crippen LogP contribution in [0.15, 0.2) is 11.4 Å². The Labute approximate surface area is 130 Å². The van der Waals surface area contributed by atoms with Gasteiger partial charge in [0.05, 0.1) is 17.0 Å². The molecule has 0 saturated heterocycles. The van der Waals surface area contributed by atoms with Gasteiger partial charge in [0.2, 0.25) is 0 Å². The minimum absolute atomic E-state index is 0.0214. The standard InChI is InChI=1S/C16H23N3OS/c1-19(14-5-2-3-6-14)10-9-18-16(20)13-11-15(21-12-13)7-4-8-17/h11-12,14H,2-3,5-6,8-10,17H2,1H3,(H,18,20). The Morgan fingerprint density at radius 2 is 2.29 bits per heavy atom. The van der Waals surface area contributed by atoms with Gasteiger partial charge in [-0.25, -0.2) is 0 Å². The van der Waals surface area contributed by atoms with E-state index in [1.54, 1.807) is 0 Å². The summed E-state index contributed by atoms with van der Waals surface area (Å²) in [5, 5.41) is 4.82. The van der Waals surface area contributed by atoms with E-state index in [1.807, 2.05) is 11.4 Å². The molecule has 0 aliphatic heterocycles. The van der Waals surface area contributed by atoms with Gasteiger partial charge in [-0.05, 0) is 26.0 Å². The molecular formula is C16H23N3OS. The van der Waals surface area contributed by atoms with Crippen molar-refractivity contribution in [1.82, 2.24) is 10.2 Å². The summed E-state index contributed by atoms with van der Waals surface area (Å²) >= 11 is 1.48. The van der Waals surface area contributed by atoms with Crippen molar-refractivity contribution in [3.63, 3.8) is 0 Å². The number of nitrogens with one attached hydrogen (secondary N) is 1. The zero-order chi connectivity index (χ0) is 15.1. The van der Waals surface area contributed by atoms with Crippen LogP contribution >= 0.6 is 11.3 Å². The number of nitrogens with zero attached hydrogens (tertiary/aromatic N) is 1. The second kappa shape index (κ2) is 8.18. The average molecular weight is 305 g/mol. The monoisotopic (exact) mass is 305 g/mol. The normalized spacial score (nSPS) is 15.0. The minimum atomic E-state index is -0.0214. The molecule has 0 radical (unpaired) electrons. The van der Waals surface area contributed by atoms with Crippen LogP contribution in [0.2, 0.25) is 0 Å². The number of carbonyl (C=O) groups is 1. The maximum Gasteiger partial charge on any atom is 0.252 e. The first-order valence-corrected chi connectivity index (χ1v) is 8.34. The van der Waals surface area contributed by atoms with E-state index in [4.69, 9.17) is 5.73 Å². The number of nitrogens with two attached hydrogens (primary N) is 1. The third-order valence-corrected chi connectivity index (χ3v) is 4.72. The van der Waals surface area contributed by atoms with Gasteiger partial charge in [-0.2, -0.15) is 0 Å². The maximum atomic E-state index is 12.0. The number of likely N-dealkylation sites (N-methyl/N-ethyl adjacent to an activating group) is 1. The number of hydrogen-bond donors (Lipinski definition) is 2. The summed E-state index contributed by atoms with van der Waals surface area (Å²) in [4.78, 5) is 15.3. The average Bonchev–Trinajstić information content (AvgIpc) is 3.16. The van der Waals surface area contributed by atoms with Crippen LogP contribution in [0.1, 0.15) is 40.9 Å². The zero-order valence-electron chi connectivity index (χ0n) is 12.5. The lowest BCUT2D eigenvalue weighted by molar-refractivity contribution is 0.0947. The fourth-order valence-corrected chi connectivity index (χ4v) is 3.39. The second-order valence-corrected chi connectivity index (χ2v) is 6.29. The molecule has 1 aliphatic carbocycles. The molecule has 21 heavy (non-hydrogen) atoms. The van der Waals surface area contributed by atoms with Gasteiger partial charge in [-0.1, -0.05) is 24.7 Å². The summed E-state index contributed by atoms with van der Waals surface area (Å²) < 4.78 is 0. The van der Waals surface area contributed by atoms with Crippen LogP contribution in [0, 0.1) is 11.8 Å². The highest BCUT2D eigenvalue weighted by Crippen LogP contribution is 2.21. The van der Waals surface area contributed by atoms with Gasteiger partial charge in [0, 0.05) is 24.5 Å². The molecule has 1 heterocycles.